The van der Waals surface area contributed by atoms with Gasteiger partial charge in [-0.15, -0.1) is 0 Å². The van der Waals surface area contributed by atoms with Crippen molar-refractivity contribution in [1.82, 2.24) is 0 Å². The molecule has 100 valence electrons. The van der Waals surface area contributed by atoms with Gasteiger partial charge in [0.15, 0.2) is 11.3 Å². The molecule has 1 atom stereocenters. The van der Waals surface area contributed by atoms with E-state index in [1.165, 1.54) is 0 Å². The van der Waals surface area contributed by atoms with Gasteiger partial charge in [0.1, 0.15) is 5.58 Å². The van der Waals surface area contributed by atoms with Crippen LogP contribution >= 0.6 is 0 Å². The predicted molar refractivity (Wildman–Crippen MR) is 74.6 cm³/mol. The second-order valence-corrected chi connectivity index (χ2v) is 4.75. The van der Waals surface area contributed by atoms with Gasteiger partial charge in [-0.2, -0.15) is 0 Å². The maximum atomic E-state index is 5.68. The topological polar surface area (TPSA) is 61.5 Å². The number of furan rings is 2. The zero-order valence-corrected chi connectivity index (χ0v) is 11.1. The molecule has 1 unspecified atom stereocenters. The van der Waals surface area contributed by atoms with Crippen molar-refractivity contribution >= 4 is 21.9 Å². The third-order valence-electron chi connectivity index (χ3n) is 3.61. The zero-order valence-electron chi connectivity index (χ0n) is 11.1. The molecule has 0 bridgehead atoms. The van der Waals surface area contributed by atoms with Crippen LogP contribution in [0, 0.1) is 0 Å². The molecular weight excluding hydrogens is 242 g/mol. The Bertz CT molecular complexity index is 659. The monoisotopic (exact) mass is 259 g/mol. The quantitative estimate of drug-likeness (QED) is 0.777. The van der Waals surface area contributed by atoms with Crippen LogP contribution in [0.4, 0.5) is 0 Å². The van der Waals surface area contributed by atoms with Crippen LogP contribution in [0.5, 0.6) is 5.75 Å². The SMILES string of the molecule is COc1c2ccoc2c(C(C)CCN)c2ccoc12. The van der Waals surface area contributed by atoms with Crippen molar-refractivity contribution in [3.05, 3.63) is 30.2 Å². The van der Waals surface area contributed by atoms with E-state index >= 15 is 0 Å². The molecule has 0 aliphatic heterocycles. The van der Waals surface area contributed by atoms with E-state index < -0.39 is 0 Å². The Balaban J connectivity index is 2.39. The van der Waals surface area contributed by atoms with Crippen LogP contribution in [0.15, 0.2) is 33.5 Å². The number of benzene rings is 1. The number of hydrogen-bond acceptors (Lipinski definition) is 4. The number of hydrogen-bond donors (Lipinski definition) is 1. The largest absolute Gasteiger partial charge is 0.492 e. The van der Waals surface area contributed by atoms with Gasteiger partial charge < -0.3 is 19.3 Å². The van der Waals surface area contributed by atoms with E-state index in [0.717, 1.165) is 39.7 Å². The van der Waals surface area contributed by atoms with E-state index in [-0.39, 0.29) is 0 Å². The van der Waals surface area contributed by atoms with Gasteiger partial charge in [-0.05, 0) is 31.0 Å². The Morgan fingerprint density at radius 2 is 1.84 bits per heavy atom. The second-order valence-electron chi connectivity index (χ2n) is 4.75. The van der Waals surface area contributed by atoms with Gasteiger partial charge in [0.25, 0.3) is 0 Å². The average Bonchev–Trinajstić information content (AvgIpc) is 3.03. The van der Waals surface area contributed by atoms with Gasteiger partial charge in [0.05, 0.1) is 25.0 Å². The summed E-state index contributed by atoms with van der Waals surface area (Å²) in [5.41, 5.74) is 8.47. The van der Waals surface area contributed by atoms with E-state index in [0.29, 0.717) is 12.5 Å². The molecule has 0 aliphatic rings. The number of ether oxygens (including phenoxy) is 1. The lowest BCUT2D eigenvalue weighted by molar-refractivity contribution is 0.414. The van der Waals surface area contributed by atoms with E-state index in [2.05, 4.69) is 6.92 Å². The van der Waals surface area contributed by atoms with Crippen LogP contribution in [0.1, 0.15) is 24.8 Å². The van der Waals surface area contributed by atoms with Crippen molar-refractivity contribution < 1.29 is 13.6 Å². The van der Waals surface area contributed by atoms with Crippen LogP contribution in [0.3, 0.4) is 0 Å². The fourth-order valence-electron chi connectivity index (χ4n) is 2.72. The molecule has 3 rings (SSSR count). The molecule has 4 heteroatoms. The fraction of sp³-hybridized carbons (Fsp3) is 0.333. The highest BCUT2D eigenvalue weighted by Crippen LogP contribution is 2.42. The fourth-order valence-corrected chi connectivity index (χ4v) is 2.72. The first-order valence-electron chi connectivity index (χ1n) is 6.42. The van der Waals surface area contributed by atoms with Crippen LogP contribution in [0.25, 0.3) is 21.9 Å². The molecule has 2 N–H and O–H groups in total. The standard InChI is InChI=1S/C15H17NO3/c1-9(3-6-16)12-10-4-7-19-15(10)14(17-2)11-5-8-18-13(11)12/h4-5,7-9H,3,6,16H2,1-2H3. The Kier molecular flexibility index (Phi) is 2.95. The van der Waals surface area contributed by atoms with Crippen molar-refractivity contribution in [2.24, 2.45) is 5.73 Å². The Morgan fingerprint density at radius 3 is 2.53 bits per heavy atom. The van der Waals surface area contributed by atoms with Crippen LogP contribution in [0.2, 0.25) is 0 Å². The zero-order chi connectivity index (χ0) is 13.4. The summed E-state index contributed by atoms with van der Waals surface area (Å²) in [5, 5.41) is 1.99. The highest BCUT2D eigenvalue weighted by Gasteiger charge is 2.22. The van der Waals surface area contributed by atoms with Gasteiger partial charge in [-0.3, -0.25) is 0 Å². The van der Waals surface area contributed by atoms with Crippen LogP contribution < -0.4 is 10.5 Å². The highest BCUT2D eigenvalue weighted by atomic mass is 16.5. The lowest BCUT2D eigenvalue weighted by atomic mass is 9.92. The van der Waals surface area contributed by atoms with E-state index in [9.17, 15) is 0 Å². The molecule has 1 aromatic carbocycles. The van der Waals surface area contributed by atoms with Crippen molar-refractivity contribution in [2.75, 3.05) is 13.7 Å². The maximum Gasteiger partial charge on any atom is 0.176 e. The van der Waals surface area contributed by atoms with Crippen LogP contribution in [-0.2, 0) is 0 Å². The molecule has 4 nitrogen and oxygen atoms in total. The summed E-state index contributed by atoms with van der Waals surface area (Å²) in [4.78, 5) is 0. The third kappa shape index (κ3) is 1.71. The van der Waals surface area contributed by atoms with Gasteiger partial charge in [0, 0.05) is 10.9 Å². The first kappa shape index (κ1) is 12.1. The molecule has 0 spiro atoms. The molecule has 0 radical (unpaired) electrons. The first-order valence-corrected chi connectivity index (χ1v) is 6.42. The molecule has 0 saturated heterocycles. The second kappa shape index (κ2) is 4.63. The van der Waals surface area contributed by atoms with Crippen molar-refractivity contribution in [2.45, 2.75) is 19.3 Å². The van der Waals surface area contributed by atoms with Crippen LogP contribution in [-0.4, -0.2) is 13.7 Å². The summed E-state index contributed by atoms with van der Waals surface area (Å²) in [5.74, 6) is 1.04. The minimum atomic E-state index is 0.310. The molecule has 2 aromatic heterocycles. The van der Waals surface area contributed by atoms with Gasteiger partial charge >= 0.3 is 0 Å². The molecular formula is C15H17NO3. The molecule has 0 aliphatic carbocycles. The van der Waals surface area contributed by atoms with Gasteiger partial charge in [-0.1, -0.05) is 6.92 Å². The lowest BCUT2D eigenvalue weighted by Gasteiger charge is -2.14. The molecule has 0 amide bonds. The molecule has 0 saturated carbocycles. The molecule has 19 heavy (non-hydrogen) atoms. The summed E-state index contributed by atoms with van der Waals surface area (Å²) in [6.07, 6.45) is 4.28. The first-order chi connectivity index (χ1) is 9.27. The average molecular weight is 259 g/mol. The molecule has 0 fully saturated rings. The summed E-state index contributed by atoms with van der Waals surface area (Å²) >= 11 is 0. The van der Waals surface area contributed by atoms with Gasteiger partial charge in [-0.25, -0.2) is 0 Å². The van der Waals surface area contributed by atoms with Crippen molar-refractivity contribution in [3.8, 4) is 5.75 Å². The number of methoxy groups -OCH3 is 1. The van der Waals surface area contributed by atoms with E-state index in [4.69, 9.17) is 19.3 Å². The number of rotatable bonds is 4. The summed E-state index contributed by atoms with van der Waals surface area (Å²) < 4.78 is 16.7. The molecule has 2 heterocycles. The normalized spacial score (nSPS) is 13.2. The van der Waals surface area contributed by atoms with E-state index in [1.54, 1.807) is 19.6 Å². The third-order valence-corrected chi connectivity index (χ3v) is 3.61. The smallest absolute Gasteiger partial charge is 0.176 e. The van der Waals surface area contributed by atoms with Crippen molar-refractivity contribution in [3.63, 3.8) is 0 Å². The summed E-state index contributed by atoms with van der Waals surface area (Å²) in [6, 6.07) is 3.87. The van der Waals surface area contributed by atoms with Crippen molar-refractivity contribution in [1.29, 1.82) is 0 Å². The van der Waals surface area contributed by atoms with Gasteiger partial charge in [0.2, 0.25) is 0 Å². The Labute approximate surface area is 111 Å². The maximum absolute atomic E-state index is 5.68. The number of nitrogens with two attached hydrogens (primary N) is 1. The highest BCUT2D eigenvalue weighted by molar-refractivity contribution is 6.04. The summed E-state index contributed by atoms with van der Waals surface area (Å²) in [7, 11) is 1.65. The Morgan fingerprint density at radius 1 is 1.16 bits per heavy atom. The predicted octanol–water partition coefficient (Wildman–Crippen LogP) is 3.64. The number of fused-ring (bicyclic) bond motifs is 2. The van der Waals surface area contributed by atoms with E-state index in [1.807, 2.05) is 12.1 Å². The lowest BCUT2D eigenvalue weighted by Crippen LogP contribution is -2.05. The minimum absolute atomic E-state index is 0.310. The minimum Gasteiger partial charge on any atom is -0.492 e. The Hall–Kier alpha value is -1.94. The summed E-state index contributed by atoms with van der Waals surface area (Å²) in [6.45, 7) is 2.80. The molecule has 3 aromatic rings.